The van der Waals surface area contributed by atoms with Gasteiger partial charge in [0.25, 0.3) is 0 Å². The molecule has 0 radical (unpaired) electrons. The van der Waals surface area contributed by atoms with E-state index in [9.17, 15) is 4.79 Å². The van der Waals surface area contributed by atoms with Crippen LogP contribution in [0.4, 0.5) is 0 Å². The van der Waals surface area contributed by atoms with Crippen LogP contribution in [0.15, 0.2) is 0 Å². The topological polar surface area (TPSA) is 52.9 Å². The van der Waals surface area contributed by atoms with Gasteiger partial charge in [0.15, 0.2) is 0 Å². The maximum Gasteiger partial charge on any atom is 0.225 e. The molecule has 1 amide bonds. The number of amides is 1. The summed E-state index contributed by atoms with van der Waals surface area (Å²) >= 11 is 0. The molecule has 72 valence electrons. The van der Waals surface area contributed by atoms with Crippen LogP contribution in [0, 0.1) is 16.7 Å². The summed E-state index contributed by atoms with van der Waals surface area (Å²) in [5.41, 5.74) is -0.157. The molecule has 0 bridgehead atoms. The van der Waals surface area contributed by atoms with Gasteiger partial charge in [-0.1, -0.05) is 19.8 Å². The van der Waals surface area contributed by atoms with Crippen molar-refractivity contribution in [3.8, 4) is 6.07 Å². The number of nitrogens with one attached hydrogen (secondary N) is 1. The lowest BCUT2D eigenvalue weighted by Crippen LogP contribution is -2.37. The average molecular weight is 180 g/mol. The number of carbonyl (C=O) groups excluding carboxylic acids is 1. The molecule has 0 spiro atoms. The summed E-state index contributed by atoms with van der Waals surface area (Å²) in [4.78, 5) is 11.6. The average Bonchev–Trinajstić information content (AvgIpc) is 2.54. The van der Waals surface area contributed by atoms with E-state index in [2.05, 4.69) is 5.32 Å². The Morgan fingerprint density at radius 3 is 2.69 bits per heavy atom. The number of nitrogens with zero attached hydrogens (tertiary/aromatic N) is 1. The number of rotatable bonds is 3. The van der Waals surface area contributed by atoms with E-state index in [1.807, 2.05) is 13.0 Å². The van der Waals surface area contributed by atoms with Gasteiger partial charge in [-0.3, -0.25) is 4.79 Å². The van der Waals surface area contributed by atoms with Crippen molar-refractivity contribution in [2.75, 3.05) is 6.54 Å². The van der Waals surface area contributed by atoms with Gasteiger partial charge in [0.1, 0.15) is 0 Å². The van der Waals surface area contributed by atoms with Crippen molar-refractivity contribution in [2.24, 2.45) is 5.41 Å². The van der Waals surface area contributed by atoms with Gasteiger partial charge in [-0.05, 0) is 12.8 Å². The largest absolute Gasteiger partial charge is 0.355 e. The van der Waals surface area contributed by atoms with E-state index in [0.717, 1.165) is 25.7 Å². The van der Waals surface area contributed by atoms with Gasteiger partial charge in [0, 0.05) is 12.0 Å². The van der Waals surface area contributed by atoms with Gasteiger partial charge in [-0.25, -0.2) is 0 Å². The van der Waals surface area contributed by atoms with Crippen LogP contribution >= 0.6 is 0 Å². The zero-order valence-corrected chi connectivity index (χ0v) is 8.10. The minimum absolute atomic E-state index is 0.125. The summed E-state index contributed by atoms with van der Waals surface area (Å²) in [5.74, 6) is 0.125. The highest BCUT2D eigenvalue weighted by Crippen LogP contribution is 2.37. The van der Waals surface area contributed by atoms with Crippen molar-refractivity contribution in [1.29, 1.82) is 5.26 Å². The molecule has 0 atom stereocenters. The van der Waals surface area contributed by atoms with Crippen molar-refractivity contribution >= 4 is 5.91 Å². The van der Waals surface area contributed by atoms with Gasteiger partial charge in [0.2, 0.25) is 5.91 Å². The van der Waals surface area contributed by atoms with Crippen molar-refractivity contribution < 1.29 is 4.79 Å². The van der Waals surface area contributed by atoms with Crippen molar-refractivity contribution in [1.82, 2.24) is 5.32 Å². The molecular formula is C10H16N2O. The summed E-state index contributed by atoms with van der Waals surface area (Å²) in [6, 6.07) is 2.01. The lowest BCUT2D eigenvalue weighted by Gasteiger charge is -2.21. The third kappa shape index (κ3) is 2.45. The SMILES string of the molecule is CC1(C(=O)NCCC#N)CCCC1. The highest BCUT2D eigenvalue weighted by Gasteiger charge is 2.35. The zero-order chi connectivity index (χ0) is 9.73. The van der Waals surface area contributed by atoms with E-state index in [1.165, 1.54) is 0 Å². The number of carbonyl (C=O) groups is 1. The molecule has 1 aliphatic carbocycles. The Bertz CT molecular complexity index is 224. The third-order valence-corrected chi connectivity index (χ3v) is 2.78. The van der Waals surface area contributed by atoms with Crippen LogP contribution in [0.3, 0.4) is 0 Å². The summed E-state index contributed by atoms with van der Waals surface area (Å²) in [5, 5.41) is 11.1. The summed E-state index contributed by atoms with van der Waals surface area (Å²) in [6.07, 6.45) is 4.70. The van der Waals surface area contributed by atoms with E-state index in [-0.39, 0.29) is 11.3 Å². The lowest BCUT2D eigenvalue weighted by atomic mass is 9.88. The second-order valence-corrected chi connectivity index (χ2v) is 3.93. The van der Waals surface area contributed by atoms with Crippen LogP contribution in [0.1, 0.15) is 39.0 Å². The van der Waals surface area contributed by atoms with Gasteiger partial charge >= 0.3 is 0 Å². The quantitative estimate of drug-likeness (QED) is 0.671. The second-order valence-electron chi connectivity index (χ2n) is 3.93. The first kappa shape index (κ1) is 10.0. The van der Waals surface area contributed by atoms with Crippen molar-refractivity contribution in [3.63, 3.8) is 0 Å². The molecule has 0 saturated heterocycles. The highest BCUT2D eigenvalue weighted by atomic mass is 16.2. The molecule has 1 N–H and O–H groups in total. The first-order valence-electron chi connectivity index (χ1n) is 4.84. The van der Waals surface area contributed by atoms with Crippen LogP contribution in [0.2, 0.25) is 0 Å². The molecule has 0 aromatic heterocycles. The molecule has 13 heavy (non-hydrogen) atoms. The van der Waals surface area contributed by atoms with Gasteiger partial charge in [-0.2, -0.15) is 5.26 Å². The minimum Gasteiger partial charge on any atom is -0.355 e. The summed E-state index contributed by atoms with van der Waals surface area (Å²) in [7, 11) is 0. The monoisotopic (exact) mass is 180 g/mol. The number of hydrogen-bond acceptors (Lipinski definition) is 2. The summed E-state index contributed by atoms with van der Waals surface area (Å²) < 4.78 is 0. The number of hydrogen-bond donors (Lipinski definition) is 1. The Morgan fingerprint density at radius 1 is 1.54 bits per heavy atom. The van der Waals surface area contributed by atoms with E-state index in [1.54, 1.807) is 0 Å². The normalized spacial score (nSPS) is 19.4. The molecule has 0 aromatic carbocycles. The summed E-state index contributed by atoms with van der Waals surface area (Å²) in [6.45, 7) is 2.51. The lowest BCUT2D eigenvalue weighted by molar-refractivity contribution is -0.129. The van der Waals surface area contributed by atoms with Crippen LogP contribution < -0.4 is 5.32 Å². The molecule has 0 aromatic rings. The van der Waals surface area contributed by atoms with E-state index in [4.69, 9.17) is 5.26 Å². The van der Waals surface area contributed by atoms with E-state index < -0.39 is 0 Å². The fraction of sp³-hybridized carbons (Fsp3) is 0.800. The maximum absolute atomic E-state index is 11.6. The van der Waals surface area contributed by atoms with Crippen LogP contribution in [-0.2, 0) is 4.79 Å². The Labute approximate surface area is 79.1 Å². The number of nitriles is 1. The molecule has 0 aliphatic heterocycles. The Kier molecular flexibility index (Phi) is 3.30. The minimum atomic E-state index is -0.157. The second kappa shape index (κ2) is 4.27. The van der Waals surface area contributed by atoms with Crippen LogP contribution in [0.5, 0.6) is 0 Å². The predicted molar refractivity (Wildman–Crippen MR) is 49.8 cm³/mol. The molecule has 1 fully saturated rings. The van der Waals surface area contributed by atoms with Crippen LogP contribution in [0.25, 0.3) is 0 Å². The fourth-order valence-corrected chi connectivity index (χ4v) is 1.83. The first-order valence-corrected chi connectivity index (χ1v) is 4.84. The van der Waals surface area contributed by atoms with E-state index >= 15 is 0 Å². The zero-order valence-electron chi connectivity index (χ0n) is 8.10. The standard InChI is InChI=1S/C10H16N2O/c1-10(5-2-3-6-10)9(13)12-8-4-7-11/h2-6,8H2,1H3,(H,12,13). The highest BCUT2D eigenvalue weighted by molar-refractivity contribution is 5.82. The Morgan fingerprint density at radius 2 is 2.15 bits per heavy atom. The molecule has 0 heterocycles. The van der Waals surface area contributed by atoms with Gasteiger partial charge in [-0.15, -0.1) is 0 Å². The molecule has 1 saturated carbocycles. The molecule has 0 unspecified atom stereocenters. The Balaban J connectivity index is 2.34. The fourth-order valence-electron chi connectivity index (χ4n) is 1.83. The van der Waals surface area contributed by atoms with Gasteiger partial charge < -0.3 is 5.32 Å². The Hall–Kier alpha value is -1.04. The molecule has 1 rings (SSSR count). The predicted octanol–water partition coefficient (Wildman–Crippen LogP) is 1.60. The molecular weight excluding hydrogens is 164 g/mol. The van der Waals surface area contributed by atoms with Gasteiger partial charge in [0.05, 0.1) is 12.5 Å². The van der Waals surface area contributed by atoms with Crippen LogP contribution in [-0.4, -0.2) is 12.5 Å². The van der Waals surface area contributed by atoms with Crippen molar-refractivity contribution in [3.05, 3.63) is 0 Å². The van der Waals surface area contributed by atoms with Crippen molar-refractivity contribution in [2.45, 2.75) is 39.0 Å². The molecule has 1 aliphatic rings. The molecule has 3 heteroatoms. The third-order valence-electron chi connectivity index (χ3n) is 2.78. The molecule has 3 nitrogen and oxygen atoms in total. The maximum atomic E-state index is 11.6. The smallest absolute Gasteiger partial charge is 0.225 e. The van der Waals surface area contributed by atoms with E-state index in [0.29, 0.717) is 13.0 Å². The first-order chi connectivity index (χ1) is 6.19.